The van der Waals surface area contributed by atoms with E-state index in [2.05, 4.69) is 15.5 Å². The van der Waals surface area contributed by atoms with Crippen LogP contribution in [0.4, 0.5) is 0 Å². The van der Waals surface area contributed by atoms with E-state index in [0.29, 0.717) is 18.3 Å². The summed E-state index contributed by atoms with van der Waals surface area (Å²) in [4.78, 5) is 12.0. The topological polar surface area (TPSA) is 69.0 Å². The zero-order valence-electron chi connectivity index (χ0n) is 14.5. The van der Waals surface area contributed by atoms with Gasteiger partial charge in [-0.05, 0) is 31.2 Å². The lowest BCUT2D eigenvalue weighted by Gasteiger charge is -2.08. The number of hydrogen-bond donors (Lipinski definition) is 1. The van der Waals surface area contributed by atoms with Crippen molar-refractivity contribution in [2.45, 2.75) is 12.1 Å². The molecule has 0 saturated carbocycles. The van der Waals surface area contributed by atoms with Gasteiger partial charge in [-0.1, -0.05) is 47.7 Å². The highest BCUT2D eigenvalue weighted by Crippen LogP contribution is 2.19. The molecule has 6 nitrogen and oxygen atoms in total. The maximum atomic E-state index is 12.0. The normalized spacial score (nSPS) is 10.5. The van der Waals surface area contributed by atoms with Crippen LogP contribution in [0.1, 0.15) is 5.56 Å². The molecule has 0 radical (unpaired) electrons. The summed E-state index contributed by atoms with van der Waals surface area (Å²) < 4.78 is 7.42. The van der Waals surface area contributed by atoms with E-state index in [1.54, 1.807) is 6.33 Å². The third-order valence-corrected chi connectivity index (χ3v) is 4.54. The molecule has 0 spiro atoms. The Morgan fingerprint density at radius 1 is 1.15 bits per heavy atom. The number of hydrogen-bond acceptors (Lipinski definition) is 5. The van der Waals surface area contributed by atoms with Gasteiger partial charge in [-0.25, -0.2) is 0 Å². The predicted octanol–water partition coefficient (Wildman–Crippen LogP) is 2.86. The van der Waals surface area contributed by atoms with Crippen molar-refractivity contribution in [3.8, 4) is 11.4 Å². The van der Waals surface area contributed by atoms with Crippen LogP contribution in [0.5, 0.6) is 5.75 Å². The van der Waals surface area contributed by atoms with Gasteiger partial charge in [0.05, 0.1) is 12.3 Å². The molecule has 134 valence electrons. The number of aromatic nitrogens is 3. The van der Waals surface area contributed by atoms with E-state index < -0.39 is 0 Å². The molecule has 0 atom stereocenters. The second-order valence-electron chi connectivity index (χ2n) is 5.62. The molecular weight excluding hydrogens is 348 g/mol. The Morgan fingerprint density at radius 2 is 1.92 bits per heavy atom. The molecule has 0 aliphatic heterocycles. The van der Waals surface area contributed by atoms with Gasteiger partial charge in [0.25, 0.3) is 0 Å². The first kappa shape index (κ1) is 18.0. The smallest absolute Gasteiger partial charge is 0.230 e. The van der Waals surface area contributed by atoms with Crippen LogP contribution in [0.3, 0.4) is 0 Å². The summed E-state index contributed by atoms with van der Waals surface area (Å²) in [7, 11) is 0. The fourth-order valence-electron chi connectivity index (χ4n) is 2.26. The van der Waals surface area contributed by atoms with Crippen molar-refractivity contribution in [2.75, 3.05) is 18.9 Å². The Kier molecular flexibility index (Phi) is 6.27. The van der Waals surface area contributed by atoms with Gasteiger partial charge in [-0.2, -0.15) is 0 Å². The van der Waals surface area contributed by atoms with Crippen LogP contribution in [0.25, 0.3) is 5.69 Å². The largest absolute Gasteiger partial charge is 0.492 e. The molecule has 7 heteroatoms. The van der Waals surface area contributed by atoms with Gasteiger partial charge in [0.15, 0.2) is 5.16 Å². The van der Waals surface area contributed by atoms with Crippen LogP contribution >= 0.6 is 11.8 Å². The van der Waals surface area contributed by atoms with Gasteiger partial charge in [0, 0.05) is 5.69 Å². The predicted molar refractivity (Wildman–Crippen MR) is 102 cm³/mol. The van der Waals surface area contributed by atoms with Crippen LogP contribution in [-0.2, 0) is 4.79 Å². The number of carbonyl (C=O) groups excluding carboxylic acids is 1. The number of nitrogens with zero attached hydrogens (tertiary/aromatic N) is 3. The van der Waals surface area contributed by atoms with Gasteiger partial charge in [-0.3, -0.25) is 9.36 Å². The fourth-order valence-corrected chi connectivity index (χ4v) is 3.02. The molecule has 0 saturated heterocycles. The highest BCUT2D eigenvalue weighted by molar-refractivity contribution is 7.99. The van der Waals surface area contributed by atoms with Crippen molar-refractivity contribution in [3.05, 3.63) is 66.5 Å². The van der Waals surface area contributed by atoms with Crippen molar-refractivity contribution in [2.24, 2.45) is 0 Å². The number of ether oxygens (including phenoxy) is 1. The lowest BCUT2D eigenvalue weighted by molar-refractivity contribution is -0.118. The summed E-state index contributed by atoms with van der Waals surface area (Å²) in [6.07, 6.45) is 1.65. The van der Waals surface area contributed by atoms with Crippen LogP contribution < -0.4 is 10.1 Å². The SMILES string of the molecule is Cc1ccc(-n2cnnc2SCC(=O)NCCOc2ccccc2)cc1. The van der Waals surface area contributed by atoms with Gasteiger partial charge in [-0.15, -0.1) is 10.2 Å². The fraction of sp³-hybridized carbons (Fsp3) is 0.211. The van der Waals surface area contributed by atoms with E-state index in [-0.39, 0.29) is 11.7 Å². The molecule has 0 unspecified atom stereocenters. The second-order valence-corrected chi connectivity index (χ2v) is 6.56. The molecule has 0 bridgehead atoms. The maximum absolute atomic E-state index is 12.0. The average molecular weight is 368 g/mol. The lowest BCUT2D eigenvalue weighted by atomic mass is 10.2. The first-order chi connectivity index (χ1) is 12.7. The number of nitrogens with one attached hydrogen (secondary N) is 1. The minimum atomic E-state index is -0.0647. The Balaban J connectivity index is 1.43. The van der Waals surface area contributed by atoms with E-state index in [1.807, 2.05) is 66.1 Å². The number of carbonyl (C=O) groups is 1. The van der Waals surface area contributed by atoms with Crippen molar-refractivity contribution in [1.82, 2.24) is 20.1 Å². The number of rotatable bonds is 8. The van der Waals surface area contributed by atoms with Crippen molar-refractivity contribution in [1.29, 1.82) is 0 Å². The maximum Gasteiger partial charge on any atom is 0.230 e. The molecule has 0 fully saturated rings. The van der Waals surface area contributed by atoms with Gasteiger partial charge in [0.2, 0.25) is 5.91 Å². The van der Waals surface area contributed by atoms with E-state index in [9.17, 15) is 4.79 Å². The number of aryl methyl sites for hydroxylation is 1. The molecule has 26 heavy (non-hydrogen) atoms. The van der Waals surface area contributed by atoms with E-state index >= 15 is 0 Å². The molecule has 0 aliphatic carbocycles. The van der Waals surface area contributed by atoms with Crippen LogP contribution in [0.2, 0.25) is 0 Å². The molecule has 0 aliphatic rings. The van der Waals surface area contributed by atoms with E-state index in [4.69, 9.17) is 4.74 Å². The molecular formula is C19H20N4O2S. The number of benzene rings is 2. The number of para-hydroxylation sites is 1. The molecule has 1 amide bonds. The first-order valence-corrected chi connectivity index (χ1v) is 9.25. The molecule has 1 N–H and O–H groups in total. The number of thioether (sulfide) groups is 1. The summed E-state index contributed by atoms with van der Waals surface area (Å²) >= 11 is 1.35. The van der Waals surface area contributed by atoms with Crippen molar-refractivity contribution >= 4 is 17.7 Å². The Bertz CT molecular complexity index is 834. The van der Waals surface area contributed by atoms with Crippen LogP contribution in [-0.4, -0.2) is 39.6 Å². The third kappa shape index (κ3) is 5.10. The zero-order chi connectivity index (χ0) is 18.2. The first-order valence-electron chi connectivity index (χ1n) is 8.27. The molecule has 2 aromatic carbocycles. The zero-order valence-corrected chi connectivity index (χ0v) is 15.3. The minimum absolute atomic E-state index is 0.0647. The summed E-state index contributed by atoms with van der Waals surface area (Å²) in [5, 5.41) is 11.6. The third-order valence-electron chi connectivity index (χ3n) is 3.60. The Hall–Kier alpha value is -2.80. The standard InChI is InChI=1S/C19H20N4O2S/c1-15-7-9-16(10-8-15)23-14-21-22-19(23)26-13-18(24)20-11-12-25-17-5-3-2-4-6-17/h2-10,14H,11-13H2,1H3,(H,20,24). The monoisotopic (exact) mass is 368 g/mol. The van der Waals surface area contributed by atoms with Crippen LogP contribution in [0, 0.1) is 6.92 Å². The van der Waals surface area contributed by atoms with Gasteiger partial charge >= 0.3 is 0 Å². The summed E-state index contributed by atoms with van der Waals surface area (Å²) in [5.41, 5.74) is 2.16. The van der Waals surface area contributed by atoms with E-state index in [1.165, 1.54) is 17.3 Å². The Morgan fingerprint density at radius 3 is 2.69 bits per heavy atom. The second kappa shape index (κ2) is 9.05. The number of amides is 1. The Labute approximate surface area is 156 Å². The van der Waals surface area contributed by atoms with Crippen molar-refractivity contribution < 1.29 is 9.53 Å². The van der Waals surface area contributed by atoms with E-state index in [0.717, 1.165) is 11.4 Å². The summed E-state index contributed by atoms with van der Waals surface area (Å²) in [6.45, 7) is 2.93. The van der Waals surface area contributed by atoms with Crippen LogP contribution in [0.15, 0.2) is 66.1 Å². The summed E-state index contributed by atoms with van der Waals surface area (Å²) in [6, 6.07) is 17.6. The van der Waals surface area contributed by atoms with Gasteiger partial charge in [0.1, 0.15) is 18.7 Å². The molecule has 3 rings (SSSR count). The quantitative estimate of drug-likeness (QED) is 0.489. The molecule has 1 aromatic heterocycles. The highest BCUT2D eigenvalue weighted by atomic mass is 32.2. The highest BCUT2D eigenvalue weighted by Gasteiger charge is 2.10. The lowest BCUT2D eigenvalue weighted by Crippen LogP contribution is -2.29. The molecule has 3 aromatic rings. The molecule has 1 heterocycles. The minimum Gasteiger partial charge on any atom is -0.492 e. The van der Waals surface area contributed by atoms with Gasteiger partial charge < -0.3 is 10.1 Å². The summed E-state index contributed by atoms with van der Waals surface area (Å²) in [5.74, 6) is 1.00. The average Bonchev–Trinajstić information content (AvgIpc) is 3.14. The van der Waals surface area contributed by atoms with Crippen molar-refractivity contribution in [3.63, 3.8) is 0 Å².